The quantitative estimate of drug-likeness (QED) is 0.933. The van der Waals surface area contributed by atoms with Gasteiger partial charge in [-0.2, -0.15) is 0 Å². The van der Waals surface area contributed by atoms with Crippen LogP contribution in [0.4, 0.5) is 0 Å². The molecule has 0 amide bonds. The van der Waals surface area contributed by atoms with E-state index in [1.165, 1.54) is 5.56 Å². The van der Waals surface area contributed by atoms with Gasteiger partial charge >= 0.3 is 0 Å². The van der Waals surface area contributed by atoms with E-state index < -0.39 is 0 Å². The van der Waals surface area contributed by atoms with Crippen molar-refractivity contribution in [1.82, 2.24) is 14.9 Å². The third-order valence-electron chi connectivity index (χ3n) is 3.83. The second-order valence-electron chi connectivity index (χ2n) is 4.97. The van der Waals surface area contributed by atoms with Crippen molar-refractivity contribution in [1.29, 1.82) is 0 Å². The molecule has 106 valence electrons. The summed E-state index contributed by atoms with van der Waals surface area (Å²) in [5, 5.41) is 3.38. The molecule has 1 aliphatic heterocycles. The van der Waals surface area contributed by atoms with Gasteiger partial charge in [0.05, 0.1) is 18.2 Å². The highest BCUT2D eigenvalue weighted by atomic mass is 79.9. The number of benzene rings is 1. The molecule has 5 heteroatoms. The molecular weight excluding hydrogens is 318 g/mol. The number of nitrogens with one attached hydrogen (secondary N) is 1. The minimum Gasteiger partial charge on any atom is -0.484 e. The highest BCUT2D eigenvalue weighted by Crippen LogP contribution is 2.41. The number of fused-ring (bicyclic) bond motifs is 1. The molecule has 1 N–H and O–H groups in total. The molecule has 1 aliphatic rings. The maximum Gasteiger partial charge on any atom is 0.142 e. The molecule has 0 saturated carbocycles. The van der Waals surface area contributed by atoms with Gasteiger partial charge < -0.3 is 14.6 Å². The Bertz CT molecular complexity index is 611. The average Bonchev–Trinajstić information content (AvgIpc) is 2.94. The van der Waals surface area contributed by atoms with Crippen LogP contribution in [0.1, 0.15) is 36.7 Å². The molecule has 0 radical (unpaired) electrons. The van der Waals surface area contributed by atoms with Gasteiger partial charge in [-0.15, -0.1) is 0 Å². The van der Waals surface area contributed by atoms with Crippen LogP contribution >= 0.6 is 15.9 Å². The molecule has 4 nitrogen and oxygen atoms in total. The number of imidazole rings is 1. The molecule has 0 bridgehead atoms. The third kappa shape index (κ3) is 2.36. The summed E-state index contributed by atoms with van der Waals surface area (Å²) in [5.74, 6) is 0.943. The van der Waals surface area contributed by atoms with E-state index in [0.29, 0.717) is 6.04 Å². The van der Waals surface area contributed by atoms with Crippen molar-refractivity contribution in [2.24, 2.45) is 0 Å². The molecule has 20 heavy (non-hydrogen) atoms. The van der Waals surface area contributed by atoms with E-state index in [1.807, 2.05) is 25.6 Å². The molecule has 1 aromatic carbocycles. The molecule has 0 fully saturated rings. The van der Waals surface area contributed by atoms with Crippen LogP contribution in [-0.2, 0) is 6.54 Å². The second-order valence-corrected chi connectivity index (χ2v) is 5.89. The molecule has 2 unspecified atom stereocenters. The number of halogens is 1. The third-order valence-corrected chi connectivity index (χ3v) is 4.33. The summed E-state index contributed by atoms with van der Waals surface area (Å²) in [6.07, 6.45) is 4.72. The second kappa shape index (κ2) is 5.58. The average molecular weight is 336 g/mol. The number of hydrogen-bond donors (Lipinski definition) is 1. The van der Waals surface area contributed by atoms with Crippen LogP contribution in [0.3, 0.4) is 0 Å². The van der Waals surface area contributed by atoms with Gasteiger partial charge in [-0.05, 0) is 26.1 Å². The van der Waals surface area contributed by atoms with E-state index in [9.17, 15) is 0 Å². The lowest BCUT2D eigenvalue weighted by Crippen LogP contribution is -2.27. The summed E-state index contributed by atoms with van der Waals surface area (Å²) in [5.41, 5.74) is 2.35. The maximum atomic E-state index is 6.20. The topological polar surface area (TPSA) is 39.1 Å². The van der Waals surface area contributed by atoms with Crippen LogP contribution in [0.2, 0.25) is 0 Å². The number of nitrogens with zero attached hydrogens (tertiary/aromatic N) is 2. The fourth-order valence-corrected chi connectivity index (χ4v) is 3.10. The number of hydrogen-bond acceptors (Lipinski definition) is 3. The van der Waals surface area contributed by atoms with E-state index in [-0.39, 0.29) is 6.10 Å². The Morgan fingerprint density at radius 1 is 1.50 bits per heavy atom. The SMILES string of the molecule is CCn1cncc1C1CC(NC)c2ccc(Br)cc2O1. The summed E-state index contributed by atoms with van der Waals surface area (Å²) in [4.78, 5) is 4.25. The van der Waals surface area contributed by atoms with Crippen molar-refractivity contribution in [2.75, 3.05) is 7.05 Å². The normalized spacial score (nSPS) is 21.4. The van der Waals surface area contributed by atoms with E-state index in [1.54, 1.807) is 0 Å². The lowest BCUT2D eigenvalue weighted by molar-refractivity contribution is 0.146. The number of ether oxygens (including phenoxy) is 1. The van der Waals surface area contributed by atoms with Crippen LogP contribution in [0.25, 0.3) is 0 Å². The first-order valence-electron chi connectivity index (χ1n) is 6.86. The Balaban J connectivity index is 1.98. The van der Waals surface area contributed by atoms with Crippen molar-refractivity contribution in [3.8, 4) is 5.75 Å². The lowest BCUT2D eigenvalue weighted by Gasteiger charge is -2.32. The minimum atomic E-state index is 0.0386. The summed E-state index contributed by atoms with van der Waals surface area (Å²) in [6.45, 7) is 3.03. The van der Waals surface area contributed by atoms with Crippen molar-refractivity contribution >= 4 is 15.9 Å². The Hall–Kier alpha value is -1.33. The largest absolute Gasteiger partial charge is 0.484 e. The van der Waals surface area contributed by atoms with E-state index in [2.05, 4.69) is 49.9 Å². The summed E-state index contributed by atoms with van der Waals surface area (Å²) in [7, 11) is 2.00. The molecule has 3 rings (SSSR count). The van der Waals surface area contributed by atoms with E-state index in [4.69, 9.17) is 4.74 Å². The predicted octanol–water partition coefficient (Wildman–Crippen LogP) is 3.45. The van der Waals surface area contributed by atoms with Gasteiger partial charge in [0.25, 0.3) is 0 Å². The maximum absolute atomic E-state index is 6.20. The first kappa shape index (κ1) is 13.6. The number of rotatable bonds is 3. The zero-order valence-electron chi connectivity index (χ0n) is 11.6. The van der Waals surface area contributed by atoms with E-state index in [0.717, 1.165) is 28.9 Å². The van der Waals surface area contributed by atoms with Crippen LogP contribution in [0, 0.1) is 0 Å². The van der Waals surface area contributed by atoms with Gasteiger partial charge in [0.2, 0.25) is 0 Å². The van der Waals surface area contributed by atoms with Gasteiger partial charge in [0, 0.05) is 29.0 Å². The summed E-state index contributed by atoms with van der Waals surface area (Å²) in [6, 6.07) is 6.52. The predicted molar refractivity (Wildman–Crippen MR) is 81.8 cm³/mol. The van der Waals surface area contributed by atoms with Gasteiger partial charge in [0.15, 0.2) is 0 Å². The van der Waals surface area contributed by atoms with E-state index >= 15 is 0 Å². The molecule has 0 spiro atoms. The van der Waals surface area contributed by atoms with Gasteiger partial charge in [-0.1, -0.05) is 22.0 Å². The minimum absolute atomic E-state index is 0.0386. The first-order chi connectivity index (χ1) is 9.72. The molecular formula is C15H18BrN3O. The number of aromatic nitrogens is 2. The van der Waals surface area contributed by atoms with Crippen LogP contribution in [0.5, 0.6) is 5.75 Å². The molecule has 2 heterocycles. The molecule has 2 atom stereocenters. The van der Waals surface area contributed by atoms with Crippen LogP contribution < -0.4 is 10.1 Å². The zero-order valence-corrected chi connectivity index (χ0v) is 13.2. The van der Waals surface area contributed by atoms with Gasteiger partial charge in [-0.25, -0.2) is 4.98 Å². The molecule has 0 saturated heterocycles. The van der Waals surface area contributed by atoms with Crippen molar-refractivity contribution in [2.45, 2.75) is 32.0 Å². The molecule has 0 aliphatic carbocycles. The fraction of sp³-hybridized carbons (Fsp3) is 0.400. The summed E-state index contributed by atoms with van der Waals surface area (Å²) < 4.78 is 9.38. The Morgan fingerprint density at radius 3 is 3.10 bits per heavy atom. The van der Waals surface area contributed by atoms with Gasteiger partial charge in [-0.3, -0.25) is 0 Å². The Kier molecular flexibility index (Phi) is 3.81. The Labute approximate surface area is 127 Å². The standard InChI is InChI=1S/C15H18BrN3O/c1-3-19-9-18-8-13(19)15-7-12(17-2)11-5-4-10(16)6-14(11)20-15/h4-6,8-9,12,15,17H,3,7H2,1-2H3. The van der Waals surface area contributed by atoms with Crippen molar-refractivity contribution < 1.29 is 4.74 Å². The first-order valence-corrected chi connectivity index (χ1v) is 7.65. The summed E-state index contributed by atoms with van der Waals surface area (Å²) >= 11 is 3.51. The van der Waals surface area contributed by atoms with Crippen LogP contribution in [0.15, 0.2) is 35.2 Å². The smallest absolute Gasteiger partial charge is 0.142 e. The van der Waals surface area contributed by atoms with Crippen molar-refractivity contribution in [3.63, 3.8) is 0 Å². The fourth-order valence-electron chi connectivity index (χ4n) is 2.76. The Morgan fingerprint density at radius 2 is 2.35 bits per heavy atom. The highest BCUT2D eigenvalue weighted by Gasteiger charge is 2.30. The van der Waals surface area contributed by atoms with Gasteiger partial charge in [0.1, 0.15) is 11.9 Å². The van der Waals surface area contributed by atoms with Crippen molar-refractivity contribution in [3.05, 3.63) is 46.5 Å². The highest BCUT2D eigenvalue weighted by molar-refractivity contribution is 9.10. The monoisotopic (exact) mass is 335 g/mol. The molecule has 2 aromatic rings. The molecule has 1 aromatic heterocycles. The van der Waals surface area contributed by atoms with Crippen LogP contribution in [-0.4, -0.2) is 16.6 Å². The lowest BCUT2D eigenvalue weighted by atomic mass is 9.95. The zero-order chi connectivity index (χ0) is 14.1. The number of aryl methyl sites for hydroxylation is 1.